The van der Waals surface area contributed by atoms with Crippen molar-refractivity contribution in [2.45, 2.75) is 64.7 Å². The second kappa shape index (κ2) is 8.24. The van der Waals surface area contributed by atoms with Gasteiger partial charge >= 0.3 is 0 Å². The van der Waals surface area contributed by atoms with Gasteiger partial charge in [0.05, 0.1) is 4.47 Å². The predicted octanol–water partition coefficient (Wildman–Crippen LogP) is 5.99. The molecule has 3 aliphatic carbocycles. The second-order valence-electron chi connectivity index (χ2n) is 10.0. The molecule has 0 aliphatic heterocycles. The minimum absolute atomic E-state index is 0.0128. The van der Waals surface area contributed by atoms with Crippen LogP contribution in [-0.2, 0) is 16.0 Å². The summed E-state index contributed by atoms with van der Waals surface area (Å²) in [6, 6.07) is 3.88. The van der Waals surface area contributed by atoms with E-state index < -0.39 is 0 Å². The number of nitrogens with zero attached hydrogens (tertiary/aromatic N) is 1. The number of hydrogen-bond acceptors (Lipinski definition) is 5. The third-order valence-electron chi connectivity index (χ3n) is 8.28. The molecular formula is C25H29BrN2O3S. The van der Waals surface area contributed by atoms with Crippen LogP contribution in [0.1, 0.15) is 67.4 Å². The van der Waals surface area contributed by atoms with Gasteiger partial charge in [-0.2, -0.15) is 0 Å². The van der Waals surface area contributed by atoms with Crippen molar-refractivity contribution in [1.82, 2.24) is 4.98 Å². The van der Waals surface area contributed by atoms with Crippen LogP contribution in [0.2, 0.25) is 0 Å². The fourth-order valence-corrected chi connectivity index (χ4v) is 8.09. The van der Waals surface area contributed by atoms with Crippen LogP contribution in [-0.4, -0.2) is 21.8 Å². The number of carbonyl (C=O) groups excluding carboxylic acids is 2. The Kier molecular flexibility index (Phi) is 5.69. The number of fused-ring (bicyclic) bond motifs is 5. The second-order valence-corrected chi connectivity index (χ2v) is 12.0. The lowest BCUT2D eigenvalue weighted by atomic mass is 9.54. The number of aromatic hydroxyl groups is 1. The van der Waals surface area contributed by atoms with Crippen molar-refractivity contribution < 1.29 is 14.7 Å². The molecule has 1 heterocycles. The third kappa shape index (κ3) is 3.61. The van der Waals surface area contributed by atoms with E-state index in [1.54, 1.807) is 12.3 Å². The van der Waals surface area contributed by atoms with Gasteiger partial charge in [0.25, 0.3) is 0 Å². The topological polar surface area (TPSA) is 79.3 Å². The number of halogens is 1. The summed E-state index contributed by atoms with van der Waals surface area (Å²) in [6.07, 6.45) is 7.43. The number of benzene rings is 1. The monoisotopic (exact) mass is 516 g/mol. The van der Waals surface area contributed by atoms with Gasteiger partial charge in [0.2, 0.25) is 5.91 Å². The molecule has 32 heavy (non-hydrogen) atoms. The van der Waals surface area contributed by atoms with Crippen LogP contribution in [0.15, 0.2) is 22.8 Å². The average molecular weight is 517 g/mol. The zero-order valence-electron chi connectivity index (χ0n) is 18.5. The summed E-state index contributed by atoms with van der Waals surface area (Å²) in [5.41, 5.74) is 2.30. The molecule has 0 radical (unpaired) electrons. The summed E-state index contributed by atoms with van der Waals surface area (Å²) in [5.74, 6) is 2.14. The van der Waals surface area contributed by atoms with Crippen molar-refractivity contribution in [3.05, 3.63) is 38.8 Å². The Labute approximate surface area is 201 Å². The number of aryl methyl sites for hydroxylation is 1. The summed E-state index contributed by atoms with van der Waals surface area (Å²) in [5, 5.41) is 13.7. The summed E-state index contributed by atoms with van der Waals surface area (Å²) in [4.78, 5) is 31.0. The molecule has 170 valence electrons. The van der Waals surface area contributed by atoms with Crippen molar-refractivity contribution in [1.29, 1.82) is 0 Å². The van der Waals surface area contributed by atoms with E-state index in [0.717, 1.165) is 41.5 Å². The number of thiazole rings is 1. The van der Waals surface area contributed by atoms with Crippen molar-refractivity contribution in [3.63, 3.8) is 0 Å². The molecule has 0 bridgehead atoms. The Morgan fingerprint density at radius 2 is 2.19 bits per heavy atom. The van der Waals surface area contributed by atoms with E-state index in [-0.39, 0.29) is 17.2 Å². The standard InChI is InChI=1S/C25H29BrN2O3S/c1-13-12-27-24(32-13)28-21(31)8-3-14-11-20(30)25(2)10-9-16-15-6-7-19(29)23(26)18(15)5-4-17(16)22(14)25/h6-7,12,14,16-17,22,29H,3-5,8-11H2,1-2H3,(H,27,28,31). The fraction of sp³-hybridized carbons (Fsp3) is 0.560. The number of anilines is 1. The molecule has 2 N–H and O–H groups in total. The van der Waals surface area contributed by atoms with Gasteiger partial charge < -0.3 is 10.4 Å². The highest BCUT2D eigenvalue weighted by atomic mass is 79.9. The predicted molar refractivity (Wildman–Crippen MR) is 129 cm³/mol. The molecule has 1 aromatic heterocycles. The quantitative estimate of drug-likeness (QED) is 0.522. The largest absolute Gasteiger partial charge is 0.507 e. The van der Waals surface area contributed by atoms with Gasteiger partial charge in [0.15, 0.2) is 5.13 Å². The highest BCUT2D eigenvalue weighted by Gasteiger charge is 2.58. The lowest BCUT2D eigenvalue weighted by Gasteiger charge is -2.50. The van der Waals surface area contributed by atoms with Crippen molar-refractivity contribution in [3.8, 4) is 5.75 Å². The van der Waals surface area contributed by atoms with Crippen LogP contribution >= 0.6 is 27.3 Å². The van der Waals surface area contributed by atoms with E-state index in [0.29, 0.717) is 47.3 Å². The number of ketones is 1. The van der Waals surface area contributed by atoms with E-state index in [1.165, 1.54) is 22.5 Å². The maximum absolute atomic E-state index is 13.1. The average Bonchev–Trinajstić information content (AvgIpc) is 3.28. The number of Topliss-reactive ketones (excluding diaryl/α,β-unsaturated/α-hetero) is 1. The lowest BCUT2D eigenvalue weighted by Crippen LogP contribution is -2.44. The summed E-state index contributed by atoms with van der Waals surface area (Å²) >= 11 is 5.07. The number of phenols is 1. The van der Waals surface area contributed by atoms with Gasteiger partial charge in [-0.05, 0) is 95.8 Å². The number of hydrogen-bond donors (Lipinski definition) is 2. The zero-order valence-corrected chi connectivity index (χ0v) is 20.9. The van der Waals surface area contributed by atoms with E-state index in [2.05, 4.69) is 39.2 Å². The normalized spacial score (nSPS) is 31.0. The van der Waals surface area contributed by atoms with Gasteiger partial charge in [-0.25, -0.2) is 4.98 Å². The van der Waals surface area contributed by atoms with E-state index in [4.69, 9.17) is 0 Å². The van der Waals surface area contributed by atoms with Crippen LogP contribution in [0.3, 0.4) is 0 Å². The molecule has 1 aromatic carbocycles. The zero-order chi connectivity index (χ0) is 22.6. The molecular weight excluding hydrogens is 488 g/mol. The smallest absolute Gasteiger partial charge is 0.226 e. The van der Waals surface area contributed by atoms with Gasteiger partial charge in [0.1, 0.15) is 11.5 Å². The van der Waals surface area contributed by atoms with Crippen molar-refractivity contribution in [2.24, 2.45) is 23.2 Å². The minimum Gasteiger partial charge on any atom is -0.507 e. The molecule has 5 rings (SSSR count). The molecule has 0 saturated heterocycles. The van der Waals surface area contributed by atoms with Gasteiger partial charge in [-0.15, -0.1) is 11.3 Å². The van der Waals surface area contributed by atoms with Crippen LogP contribution in [0.25, 0.3) is 0 Å². The Morgan fingerprint density at radius 3 is 2.94 bits per heavy atom. The lowest BCUT2D eigenvalue weighted by molar-refractivity contribution is -0.129. The first-order valence-corrected chi connectivity index (χ1v) is 13.1. The molecule has 5 nitrogen and oxygen atoms in total. The van der Waals surface area contributed by atoms with Gasteiger partial charge in [0, 0.05) is 29.3 Å². The number of phenolic OH excluding ortho intramolecular Hbond substituents is 1. The van der Waals surface area contributed by atoms with Crippen LogP contribution < -0.4 is 5.32 Å². The van der Waals surface area contributed by atoms with Crippen LogP contribution in [0.5, 0.6) is 5.75 Å². The molecule has 5 unspecified atom stereocenters. The fourth-order valence-electron chi connectivity index (χ4n) is 6.85. The molecule has 7 heteroatoms. The molecule has 5 atom stereocenters. The molecule has 2 fully saturated rings. The van der Waals surface area contributed by atoms with Crippen LogP contribution in [0, 0.1) is 30.1 Å². The van der Waals surface area contributed by atoms with Crippen LogP contribution in [0.4, 0.5) is 5.13 Å². The highest BCUT2D eigenvalue weighted by Crippen LogP contribution is 2.62. The highest BCUT2D eigenvalue weighted by molar-refractivity contribution is 9.10. The first-order chi connectivity index (χ1) is 15.3. The minimum atomic E-state index is -0.264. The van der Waals surface area contributed by atoms with Gasteiger partial charge in [-0.1, -0.05) is 13.0 Å². The maximum atomic E-state index is 13.1. The number of carbonyl (C=O) groups is 2. The van der Waals surface area contributed by atoms with E-state index >= 15 is 0 Å². The first-order valence-electron chi connectivity index (χ1n) is 11.5. The Bertz CT molecular complexity index is 1080. The number of amides is 1. The molecule has 2 saturated carbocycles. The first kappa shape index (κ1) is 22.1. The summed E-state index contributed by atoms with van der Waals surface area (Å²) in [7, 11) is 0. The molecule has 2 aromatic rings. The Hall–Kier alpha value is -1.73. The summed E-state index contributed by atoms with van der Waals surface area (Å²) < 4.78 is 0.829. The number of nitrogens with one attached hydrogen (secondary N) is 1. The third-order valence-corrected chi connectivity index (χ3v) is 9.99. The van der Waals surface area contributed by atoms with Crippen molar-refractivity contribution >= 4 is 44.1 Å². The number of rotatable bonds is 4. The Morgan fingerprint density at radius 1 is 1.38 bits per heavy atom. The Balaban J connectivity index is 1.35. The molecule has 0 spiro atoms. The SMILES string of the molecule is Cc1cnc(NC(=O)CCC2CC(=O)C3(C)CCC4c5ccc(O)c(Br)c5CCC4C23)s1. The van der Waals surface area contributed by atoms with E-state index in [9.17, 15) is 14.7 Å². The molecule has 1 amide bonds. The van der Waals surface area contributed by atoms with E-state index in [1.807, 2.05) is 6.92 Å². The summed E-state index contributed by atoms with van der Waals surface area (Å²) in [6.45, 7) is 4.15. The number of aromatic nitrogens is 1. The maximum Gasteiger partial charge on any atom is 0.226 e. The molecule has 3 aliphatic rings. The van der Waals surface area contributed by atoms with Gasteiger partial charge in [-0.3, -0.25) is 9.59 Å². The van der Waals surface area contributed by atoms with Crippen molar-refractivity contribution in [2.75, 3.05) is 5.32 Å².